The summed E-state index contributed by atoms with van der Waals surface area (Å²) in [4.78, 5) is 17.9. The molecular weight excluding hydrogens is 502 g/mol. The molecule has 204 valence electrons. The fourth-order valence-corrected chi connectivity index (χ4v) is 4.40. The van der Waals surface area contributed by atoms with E-state index in [2.05, 4.69) is 32.0 Å². The van der Waals surface area contributed by atoms with Crippen LogP contribution in [0.3, 0.4) is 0 Å². The molecule has 4 aromatic rings. The quantitative estimate of drug-likeness (QED) is 0.289. The van der Waals surface area contributed by atoms with Gasteiger partial charge in [0.25, 0.3) is 5.91 Å². The second-order valence-electron chi connectivity index (χ2n) is 11.2. The van der Waals surface area contributed by atoms with Gasteiger partial charge < -0.3 is 15.4 Å². The van der Waals surface area contributed by atoms with Gasteiger partial charge in [-0.1, -0.05) is 32.1 Å². The van der Waals surface area contributed by atoms with Crippen LogP contribution in [0.15, 0.2) is 54.9 Å². The number of benzene rings is 2. The number of carbonyl (C=O) groups is 1. The zero-order valence-electron chi connectivity index (χ0n) is 23.4. The number of anilines is 2. The van der Waals surface area contributed by atoms with Crippen LogP contribution in [-0.2, 0) is 5.41 Å². The van der Waals surface area contributed by atoms with Crippen LogP contribution in [0.2, 0.25) is 0 Å². The second kappa shape index (κ2) is 10.8. The van der Waals surface area contributed by atoms with Gasteiger partial charge in [-0.25, -0.2) is 9.67 Å². The van der Waals surface area contributed by atoms with Crippen molar-refractivity contribution in [2.45, 2.75) is 46.0 Å². The lowest BCUT2D eigenvalue weighted by molar-refractivity contribution is 0.102. The van der Waals surface area contributed by atoms with E-state index in [1.54, 1.807) is 23.0 Å². The SMILES string of the molecule is COc1c(C#N)cc(C(C)(C)C)cc1C(=O)Nc1ccc(C)c(-n2cc(-c3ccc(NCC4CC4)nc3)nn2)c1. The topological polar surface area (TPSA) is 118 Å². The molecule has 1 saturated carbocycles. The number of hydrogen-bond acceptors (Lipinski definition) is 7. The van der Waals surface area contributed by atoms with Crippen molar-refractivity contribution in [3.05, 3.63) is 77.1 Å². The third kappa shape index (κ3) is 5.81. The number of nitrogens with one attached hydrogen (secondary N) is 2. The molecule has 0 bridgehead atoms. The zero-order valence-corrected chi connectivity index (χ0v) is 23.4. The Labute approximate surface area is 234 Å². The molecule has 1 amide bonds. The van der Waals surface area contributed by atoms with Gasteiger partial charge in [0.1, 0.15) is 23.3 Å². The van der Waals surface area contributed by atoms with Crippen molar-refractivity contribution < 1.29 is 9.53 Å². The number of rotatable bonds is 8. The molecule has 2 heterocycles. The first-order valence-electron chi connectivity index (χ1n) is 13.3. The van der Waals surface area contributed by atoms with Gasteiger partial charge in [0.15, 0.2) is 0 Å². The zero-order chi connectivity index (χ0) is 28.4. The summed E-state index contributed by atoms with van der Waals surface area (Å²) in [6, 6.07) is 15.2. The molecule has 0 saturated heterocycles. The molecule has 9 heteroatoms. The maximum Gasteiger partial charge on any atom is 0.259 e. The van der Waals surface area contributed by atoms with Gasteiger partial charge in [-0.05, 0) is 78.6 Å². The molecule has 1 aliphatic rings. The van der Waals surface area contributed by atoms with Crippen LogP contribution in [0, 0.1) is 24.2 Å². The highest BCUT2D eigenvalue weighted by molar-refractivity contribution is 6.07. The number of hydrogen-bond donors (Lipinski definition) is 2. The Hall–Kier alpha value is -4.71. The number of pyridine rings is 1. The fourth-order valence-electron chi connectivity index (χ4n) is 4.40. The summed E-state index contributed by atoms with van der Waals surface area (Å²) < 4.78 is 7.16. The summed E-state index contributed by atoms with van der Waals surface area (Å²) in [6.07, 6.45) is 6.22. The maximum absolute atomic E-state index is 13.4. The minimum atomic E-state index is -0.366. The van der Waals surface area contributed by atoms with Crippen molar-refractivity contribution in [3.8, 4) is 28.8 Å². The average molecular weight is 536 g/mol. The predicted octanol–water partition coefficient (Wildman–Crippen LogP) is 5.89. The third-order valence-corrected chi connectivity index (χ3v) is 7.06. The molecule has 2 aromatic heterocycles. The number of amides is 1. The summed E-state index contributed by atoms with van der Waals surface area (Å²) in [5.41, 5.74) is 5.13. The van der Waals surface area contributed by atoms with Crippen LogP contribution < -0.4 is 15.4 Å². The second-order valence-corrected chi connectivity index (χ2v) is 11.2. The Morgan fingerprint density at radius 2 is 1.98 bits per heavy atom. The summed E-state index contributed by atoms with van der Waals surface area (Å²) in [6.45, 7) is 9.04. The Kier molecular flexibility index (Phi) is 7.26. The maximum atomic E-state index is 13.4. The molecule has 1 fully saturated rings. The van der Waals surface area contributed by atoms with Crippen molar-refractivity contribution in [1.82, 2.24) is 20.0 Å². The minimum absolute atomic E-state index is 0.252. The average Bonchev–Trinajstić information content (AvgIpc) is 3.65. The smallest absolute Gasteiger partial charge is 0.259 e. The monoisotopic (exact) mass is 535 g/mol. The highest BCUT2D eigenvalue weighted by Crippen LogP contribution is 2.32. The van der Waals surface area contributed by atoms with Crippen molar-refractivity contribution >= 4 is 17.4 Å². The summed E-state index contributed by atoms with van der Waals surface area (Å²) >= 11 is 0. The van der Waals surface area contributed by atoms with E-state index in [-0.39, 0.29) is 17.1 Å². The fraction of sp³-hybridized carbons (Fsp3) is 0.323. The molecule has 2 N–H and O–H groups in total. The standard InChI is InChI=1S/C31H33N7O2/c1-19-6-10-24(35-30(39)25-13-23(31(2,3)4)12-22(15-32)29(25)40-5)14-27(19)38-18-26(36-37-38)21-9-11-28(34-17-21)33-16-20-7-8-20/h6,9-14,17-18,20H,7-8,16H2,1-5H3,(H,33,34)(H,35,39). The van der Waals surface area contributed by atoms with Gasteiger partial charge in [0.05, 0.1) is 30.1 Å². The molecule has 0 unspecified atom stereocenters. The van der Waals surface area contributed by atoms with Crippen molar-refractivity contribution in [3.63, 3.8) is 0 Å². The van der Waals surface area contributed by atoms with Crippen LogP contribution in [0.5, 0.6) is 5.75 Å². The van der Waals surface area contributed by atoms with Crippen LogP contribution in [0.1, 0.15) is 60.7 Å². The molecule has 0 atom stereocenters. The van der Waals surface area contributed by atoms with Crippen LogP contribution >= 0.6 is 0 Å². The summed E-state index contributed by atoms with van der Waals surface area (Å²) in [7, 11) is 1.46. The van der Waals surface area contributed by atoms with E-state index in [9.17, 15) is 10.1 Å². The molecule has 1 aliphatic carbocycles. The number of methoxy groups -OCH3 is 1. The minimum Gasteiger partial charge on any atom is -0.495 e. The number of aryl methyl sites for hydroxylation is 1. The van der Waals surface area contributed by atoms with E-state index >= 15 is 0 Å². The largest absolute Gasteiger partial charge is 0.495 e. The molecule has 0 spiro atoms. The molecular formula is C31H33N7O2. The van der Waals surface area contributed by atoms with Gasteiger partial charge >= 0.3 is 0 Å². The van der Waals surface area contributed by atoms with Crippen molar-refractivity contribution in [1.29, 1.82) is 5.26 Å². The number of carbonyl (C=O) groups excluding carboxylic acids is 1. The number of nitrogens with zero attached hydrogens (tertiary/aromatic N) is 5. The summed E-state index contributed by atoms with van der Waals surface area (Å²) in [5, 5.41) is 24.7. The van der Waals surface area contributed by atoms with Gasteiger partial charge in [-0.15, -0.1) is 5.10 Å². The number of aromatic nitrogens is 4. The molecule has 40 heavy (non-hydrogen) atoms. The highest BCUT2D eigenvalue weighted by Gasteiger charge is 2.23. The van der Waals surface area contributed by atoms with Crippen LogP contribution in [-0.4, -0.2) is 39.5 Å². The number of nitriles is 1. The van der Waals surface area contributed by atoms with Gasteiger partial charge in [0.2, 0.25) is 0 Å². The molecule has 5 rings (SSSR count). The highest BCUT2D eigenvalue weighted by atomic mass is 16.5. The van der Waals surface area contributed by atoms with Crippen LogP contribution in [0.4, 0.5) is 11.5 Å². The number of ether oxygens (including phenoxy) is 1. The molecule has 0 aliphatic heterocycles. The van der Waals surface area contributed by atoms with E-state index in [1.165, 1.54) is 20.0 Å². The Morgan fingerprint density at radius 3 is 2.62 bits per heavy atom. The van der Waals surface area contributed by atoms with E-state index < -0.39 is 0 Å². The molecule has 0 radical (unpaired) electrons. The van der Waals surface area contributed by atoms with E-state index in [0.29, 0.717) is 22.5 Å². The first-order valence-corrected chi connectivity index (χ1v) is 13.3. The van der Waals surface area contributed by atoms with E-state index in [4.69, 9.17) is 4.74 Å². The van der Waals surface area contributed by atoms with Gasteiger partial charge in [-0.2, -0.15) is 5.26 Å². The van der Waals surface area contributed by atoms with Gasteiger partial charge in [0, 0.05) is 24.0 Å². The Bertz CT molecular complexity index is 1590. The van der Waals surface area contributed by atoms with E-state index in [1.807, 2.05) is 64.2 Å². The lowest BCUT2D eigenvalue weighted by Crippen LogP contribution is -2.18. The lowest BCUT2D eigenvalue weighted by atomic mass is 9.84. The van der Waals surface area contributed by atoms with Gasteiger partial charge in [-0.3, -0.25) is 4.79 Å². The van der Waals surface area contributed by atoms with Crippen molar-refractivity contribution in [2.24, 2.45) is 5.92 Å². The lowest BCUT2D eigenvalue weighted by Gasteiger charge is -2.22. The summed E-state index contributed by atoms with van der Waals surface area (Å²) in [5.74, 6) is 1.52. The predicted molar refractivity (Wildman–Crippen MR) is 155 cm³/mol. The van der Waals surface area contributed by atoms with Crippen LogP contribution in [0.25, 0.3) is 16.9 Å². The Morgan fingerprint density at radius 1 is 1.18 bits per heavy atom. The normalized spacial score (nSPS) is 13.0. The van der Waals surface area contributed by atoms with E-state index in [0.717, 1.165) is 40.7 Å². The molecule has 9 nitrogen and oxygen atoms in total. The first-order chi connectivity index (χ1) is 19.2. The first kappa shape index (κ1) is 26.9. The Balaban J connectivity index is 1.38. The third-order valence-electron chi connectivity index (χ3n) is 7.06. The van der Waals surface area contributed by atoms with Crippen molar-refractivity contribution in [2.75, 3.05) is 24.3 Å². The molecule has 2 aromatic carbocycles.